The maximum Gasteiger partial charge on any atom is 0.261 e. The van der Waals surface area contributed by atoms with Crippen molar-refractivity contribution in [3.8, 4) is 5.75 Å². The van der Waals surface area contributed by atoms with Crippen LogP contribution in [0.3, 0.4) is 0 Å². The Morgan fingerprint density at radius 1 is 0.875 bits per heavy atom. The van der Waals surface area contributed by atoms with Gasteiger partial charge >= 0.3 is 0 Å². The van der Waals surface area contributed by atoms with Gasteiger partial charge in [0.25, 0.3) is 15.9 Å². The Balaban J connectivity index is 1.31. The summed E-state index contributed by atoms with van der Waals surface area (Å²) in [6, 6.07) is 24.5. The Bertz CT molecular complexity index is 1130. The first-order valence-corrected chi connectivity index (χ1v) is 12.1. The molecule has 1 N–H and O–H groups in total. The van der Waals surface area contributed by atoms with E-state index in [1.807, 2.05) is 41.3 Å². The molecule has 0 spiro atoms. The molecule has 0 radical (unpaired) electrons. The molecule has 1 amide bonds. The third-order valence-corrected chi connectivity index (χ3v) is 6.97. The lowest BCUT2D eigenvalue weighted by Crippen LogP contribution is -2.39. The first kappa shape index (κ1) is 21.9. The fourth-order valence-corrected chi connectivity index (χ4v) is 4.77. The van der Waals surface area contributed by atoms with E-state index in [0.717, 1.165) is 18.6 Å². The van der Waals surface area contributed by atoms with Gasteiger partial charge in [-0.05, 0) is 67.3 Å². The van der Waals surface area contributed by atoms with Crippen LogP contribution in [0.2, 0.25) is 0 Å². The van der Waals surface area contributed by atoms with E-state index >= 15 is 0 Å². The van der Waals surface area contributed by atoms with E-state index in [0.29, 0.717) is 36.9 Å². The fourth-order valence-electron chi connectivity index (χ4n) is 3.71. The quantitative estimate of drug-likeness (QED) is 0.578. The summed E-state index contributed by atoms with van der Waals surface area (Å²) in [7, 11) is -3.71. The van der Waals surface area contributed by atoms with Crippen LogP contribution in [-0.4, -0.2) is 38.9 Å². The van der Waals surface area contributed by atoms with E-state index in [-0.39, 0.29) is 10.8 Å². The minimum absolute atomic E-state index is 0.0765. The van der Waals surface area contributed by atoms with Crippen LogP contribution in [0.5, 0.6) is 5.75 Å². The van der Waals surface area contributed by atoms with Gasteiger partial charge in [-0.3, -0.25) is 9.52 Å². The van der Waals surface area contributed by atoms with Crippen LogP contribution in [0.25, 0.3) is 0 Å². The van der Waals surface area contributed by atoms with Crippen molar-refractivity contribution >= 4 is 21.6 Å². The molecule has 166 valence electrons. The molecule has 3 aromatic carbocycles. The standard InChI is InChI=1S/C25H26N2O4S/c28-25(27-17-15-20(16-18-27)19-31-23-9-5-2-6-10-23)21-11-13-24(14-12-21)32(29,30)26-22-7-3-1-4-8-22/h1-14,20,26H,15-19H2. The summed E-state index contributed by atoms with van der Waals surface area (Å²) >= 11 is 0. The zero-order chi connectivity index (χ0) is 22.4. The maximum atomic E-state index is 12.9. The number of likely N-dealkylation sites (tertiary alicyclic amines) is 1. The molecule has 32 heavy (non-hydrogen) atoms. The van der Waals surface area contributed by atoms with Gasteiger partial charge < -0.3 is 9.64 Å². The number of hydrogen-bond donors (Lipinski definition) is 1. The molecule has 1 aliphatic heterocycles. The molecule has 7 heteroatoms. The number of sulfonamides is 1. The van der Waals surface area contributed by atoms with Gasteiger partial charge in [0.05, 0.1) is 11.5 Å². The highest BCUT2D eigenvalue weighted by Gasteiger charge is 2.24. The second-order valence-corrected chi connectivity index (χ2v) is 9.54. The molecule has 1 saturated heterocycles. The van der Waals surface area contributed by atoms with Crippen LogP contribution in [0.4, 0.5) is 5.69 Å². The summed E-state index contributed by atoms with van der Waals surface area (Å²) in [5, 5.41) is 0. The molecule has 3 aromatic rings. The lowest BCUT2D eigenvalue weighted by Gasteiger charge is -2.32. The molecule has 0 saturated carbocycles. The maximum absolute atomic E-state index is 12.9. The van der Waals surface area contributed by atoms with Crippen molar-refractivity contribution in [1.82, 2.24) is 4.90 Å². The SMILES string of the molecule is O=C(c1ccc(S(=O)(=O)Nc2ccccc2)cc1)N1CCC(COc2ccccc2)CC1. The van der Waals surface area contributed by atoms with Crippen LogP contribution < -0.4 is 9.46 Å². The third kappa shape index (κ3) is 5.48. The number of para-hydroxylation sites is 2. The molecule has 0 atom stereocenters. The summed E-state index contributed by atoms with van der Waals surface area (Å²) in [6.45, 7) is 1.97. The van der Waals surface area contributed by atoms with Gasteiger partial charge in [0.2, 0.25) is 0 Å². The van der Waals surface area contributed by atoms with Crippen molar-refractivity contribution in [3.63, 3.8) is 0 Å². The van der Waals surface area contributed by atoms with E-state index in [2.05, 4.69) is 4.72 Å². The molecule has 1 aliphatic rings. The second-order valence-electron chi connectivity index (χ2n) is 7.86. The average Bonchev–Trinajstić information content (AvgIpc) is 2.84. The van der Waals surface area contributed by atoms with Crippen LogP contribution in [0, 0.1) is 5.92 Å². The molecule has 0 bridgehead atoms. The van der Waals surface area contributed by atoms with E-state index in [1.54, 1.807) is 36.4 Å². The summed E-state index contributed by atoms with van der Waals surface area (Å²) in [4.78, 5) is 14.8. The monoisotopic (exact) mass is 450 g/mol. The predicted octanol–water partition coefficient (Wildman–Crippen LogP) is 4.42. The highest BCUT2D eigenvalue weighted by atomic mass is 32.2. The zero-order valence-electron chi connectivity index (χ0n) is 17.7. The number of nitrogens with zero attached hydrogens (tertiary/aromatic N) is 1. The van der Waals surface area contributed by atoms with Crippen molar-refractivity contribution in [2.45, 2.75) is 17.7 Å². The van der Waals surface area contributed by atoms with Gasteiger partial charge in [-0.25, -0.2) is 8.42 Å². The molecule has 0 aliphatic carbocycles. The number of benzene rings is 3. The van der Waals surface area contributed by atoms with Crippen molar-refractivity contribution in [1.29, 1.82) is 0 Å². The van der Waals surface area contributed by atoms with Crippen LogP contribution in [0.15, 0.2) is 89.8 Å². The van der Waals surface area contributed by atoms with E-state index in [4.69, 9.17) is 4.74 Å². The Morgan fingerprint density at radius 3 is 2.09 bits per heavy atom. The minimum Gasteiger partial charge on any atom is -0.493 e. The second kappa shape index (κ2) is 9.87. The lowest BCUT2D eigenvalue weighted by molar-refractivity contribution is 0.0661. The van der Waals surface area contributed by atoms with Crippen LogP contribution in [0.1, 0.15) is 23.2 Å². The highest BCUT2D eigenvalue weighted by molar-refractivity contribution is 7.92. The van der Waals surface area contributed by atoms with Gasteiger partial charge in [-0.15, -0.1) is 0 Å². The van der Waals surface area contributed by atoms with Crippen molar-refractivity contribution in [2.24, 2.45) is 5.92 Å². The van der Waals surface area contributed by atoms with Gasteiger partial charge in [0.15, 0.2) is 0 Å². The Hall–Kier alpha value is -3.32. The summed E-state index contributed by atoms with van der Waals surface area (Å²) in [5.41, 5.74) is 0.981. The summed E-state index contributed by atoms with van der Waals surface area (Å²) in [5.74, 6) is 1.20. The number of rotatable bonds is 7. The van der Waals surface area contributed by atoms with Crippen LogP contribution >= 0.6 is 0 Å². The fraction of sp³-hybridized carbons (Fsp3) is 0.240. The predicted molar refractivity (Wildman–Crippen MR) is 124 cm³/mol. The summed E-state index contributed by atoms with van der Waals surface area (Å²) < 4.78 is 33.5. The number of anilines is 1. The largest absolute Gasteiger partial charge is 0.493 e. The van der Waals surface area contributed by atoms with Crippen molar-refractivity contribution in [2.75, 3.05) is 24.4 Å². The van der Waals surface area contributed by atoms with E-state index in [9.17, 15) is 13.2 Å². The topological polar surface area (TPSA) is 75.7 Å². The van der Waals surface area contributed by atoms with Crippen LogP contribution in [-0.2, 0) is 10.0 Å². The highest BCUT2D eigenvalue weighted by Crippen LogP contribution is 2.22. The first-order chi connectivity index (χ1) is 15.5. The summed E-state index contributed by atoms with van der Waals surface area (Å²) in [6.07, 6.45) is 1.76. The number of hydrogen-bond acceptors (Lipinski definition) is 4. The number of amides is 1. The first-order valence-electron chi connectivity index (χ1n) is 10.7. The smallest absolute Gasteiger partial charge is 0.261 e. The number of ether oxygens (including phenoxy) is 1. The van der Waals surface area contributed by atoms with Gasteiger partial charge in [-0.2, -0.15) is 0 Å². The van der Waals surface area contributed by atoms with Gasteiger partial charge in [0, 0.05) is 24.3 Å². The molecule has 4 rings (SSSR count). The molecule has 0 unspecified atom stereocenters. The number of carbonyl (C=O) groups excluding carboxylic acids is 1. The van der Waals surface area contributed by atoms with Gasteiger partial charge in [-0.1, -0.05) is 36.4 Å². The van der Waals surface area contributed by atoms with Crippen molar-refractivity contribution in [3.05, 3.63) is 90.5 Å². The number of nitrogens with one attached hydrogen (secondary N) is 1. The number of piperidine rings is 1. The van der Waals surface area contributed by atoms with E-state index < -0.39 is 10.0 Å². The third-order valence-electron chi connectivity index (χ3n) is 5.57. The number of carbonyl (C=O) groups is 1. The molecule has 1 fully saturated rings. The average molecular weight is 451 g/mol. The molecule has 6 nitrogen and oxygen atoms in total. The Labute approximate surface area is 188 Å². The minimum atomic E-state index is -3.71. The lowest BCUT2D eigenvalue weighted by atomic mass is 9.97. The molecular formula is C25H26N2O4S. The molecular weight excluding hydrogens is 424 g/mol. The molecule has 0 aromatic heterocycles. The van der Waals surface area contributed by atoms with Gasteiger partial charge in [0.1, 0.15) is 5.75 Å². The normalized spacial score (nSPS) is 14.7. The molecule has 1 heterocycles. The van der Waals surface area contributed by atoms with Crippen molar-refractivity contribution < 1.29 is 17.9 Å². The zero-order valence-corrected chi connectivity index (χ0v) is 18.5. The van der Waals surface area contributed by atoms with E-state index in [1.165, 1.54) is 12.1 Å². The Morgan fingerprint density at radius 2 is 1.47 bits per heavy atom. The Kier molecular flexibility index (Phi) is 6.75.